The van der Waals surface area contributed by atoms with Crippen LogP contribution < -0.4 is 15.4 Å². The number of hydrogen-bond donors (Lipinski definition) is 2. The van der Waals surface area contributed by atoms with Crippen LogP contribution in [0, 0.1) is 11.7 Å². The molecule has 0 spiro atoms. The first kappa shape index (κ1) is 26.0. The van der Waals surface area contributed by atoms with E-state index in [9.17, 15) is 23.6 Å². The zero-order valence-corrected chi connectivity index (χ0v) is 20.4. The highest BCUT2D eigenvalue weighted by molar-refractivity contribution is 8.18. The lowest BCUT2D eigenvalue weighted by atomic mass is 10.0. The van der Waals surface area contributed by atoms with Gasteiger partial charge in [0.05, 0.1) is 12.0 Å². The third-order valence-electron chi connectivity index (χ3n) is 5.29. The fraction of sp³-hybridized carbons (Fsp3) is 0.280. The van der Waals surface area contributed by atoms with E-state index in [0.29, 0.717) is 11.3 Å². The van der Waals surface area contributed by atoms with E-state index in [0.717, 1.165) is 16.7 Å². The van der Waals surface area contributed by atoms with Gasteiger partial charge >= 0.3 is 0 Å². The first-order valence-electron chi connectivity index (χ1n) is 10.9. The average molecular weight is 500 g/mol. The summed E-state index contributed by atoms with van der Waals surface area (Å²) in [5.41, 5.74) is 0.586. The lowest BCUT2D eigenvalue weighted by molar-refractivity contribution is -0.125. The fourth-order valence-corrected chi connectivity index (χ4v) is 4.18. The SMILES string of the molecule is COc1ccc(C(=O)NC(C(=O)NCCN2C(=O)S/C(=C\c3ccccc3F)C2=O)C(C)C)cc1. The Bertz CT molecular complexity index is 1150. The van der Waals surface area contributed by atoms with E-state index >= 15 is 0 Å². The predicted molar refractivity (Wildman–Crippen MR) is 131 cm³/mol. The first-order valence-corrected chi connectivity index (χ1v) is 11.8. The van der Waals surface area contributed by atoms with E-state index in [2.05, 4.69) is 10.6 Å². The summed E-state index contributed by atoms with van der Waals surface area (Å²) in [5.74, 6) is -1.50. The molecule has 35 heavy (non-hydrogen) atoms. The first-order chi connectivity index (χ1) is 16.7. The highest BCUT2D eigenvalue weighted by Crippen LogP contribution is 2.32. The molecule has 3 rings (SSSR count). The molecule has 184 valence electrons. The van der Waals surface area contributed by atoms with E-state index in [4.69, 9.17) is 4.74 Å². The van der Waals surface area contributed by atoms with Crippen molar-refractivity contribution >= 4 is 40.8 Å². The molecule has 0 saturated carbocycles. The molecule has 8 nitrogen and oxygen atoms in total. The van der Waals surface area contributed by atoms with Gasteiger partial charge in [-0.15, -0.1) is 0 Å². The van der Waals surface area contributed by atoms with Crippen molar-refractivity contribution in [1.82, 2.24) is 15.5 Å². The summed E-state index contributed by atoms with van der Waals surface area (Å²) in [7, 11) is 1.52. The Morgan fingerprint density at radius 3 is 2.43 bits per heavy atom. The molecule has 0 radical (unpaired) electrons. The van der Waals surface area contributed by atoms with E-state index in [1.807, 2.05) is 0 Å². The van der Waals surface area contributed by atoms with Crippen molar-refractivity contribution in [3.05, 3.63) is 70.4 Å². The molecule has 10 heteroatoms. The Balaban J connectivity index is 1.57. The highest BCUT2D eigenvalue weighted by Gasteiger charge is 2.35. The van der Waals surface area contributed by atoms with Crippen LogP contribution in [-0.2, 0) is 9.59 Å². The van der Waals surface area contributed by atoms with Gasteiger partial charge in [0.1, 0.15) is 17.6 Å². The van der Waals surface area contributed by atoms with Gasteiger partial charge < -0.3 is 15.4 Å². The molecule has 2 N–H and O–H groups in total. The van der Waals surface area contributed by atoms with Crippen LogP contribution in [-0.4, -0.2) is 54.1 Å². The van der Waals surface area contributed by atoms with E-state index in [1.54, 1.807) is 44.2 Å². The summed E-state index contributed by atoms with van der Waals surface area (Å²) in [6.45, 7) is 3.54. The molecule has 0 aliphatic carbocycles. The summed E-state index contributed by atoms with van der Waals surface area (Å²) < 4.78 is 19.0. The lowest BCUT2D eigenvalue weighted by Crippen LogP contribution is -2.51. The van der Waals surface area contributed by atoms with Crippen LogP contribution in [0.3, 0.4) is 0 Å². The number of imide groups is 1. The number of hydrogen-bond acceptors (Lipinski definition) is 6. The minimum Gasteiger partial charge on any atom is -0.497 e. The maximum atomic E-state index is 13.9. The van der Waals surface area contributed by atoms with Crippen molar-refractivity contribution < 1.29 is 28.3 Å². The van der Waals surface area contributed by atoms with Crippen molar-refractivity contribution in [2.45, 2.75) is 19.9 Å². The molecule has 1 atom stereocenters. The second kappa shape index (κ2) is 11.7. The summed E-state index contributed by atoms with van der Waals surface area (Å²) in [6, 6.07) is 11.6. The quantitative estimate of drug-likeness (QED) is 0.512. The third-order valence-corrected chi connectivity index (χ3v) is 6.20. The summed E-state index contributed by atoms with van der Waals surface area (Å²) >= 11 is 0.717. The summed E-state index contributed by atoms with van der Waals surface area (Å²) in [6.07, 6.45) is 1.34. The Kier molecular flexibility index (Phi) is 8.64. The van der Waals surface area contributed by atoms with Crippen molar-refractivity contribution in [2.75, 3.05) is 20.2 Å². The zero-order chi connectivity index (χ0) is 25.5. The van der Waals surface area contributed by atoms with Crippen molar-refractivity contribution in [3.8, 4) is 5.75 Å². The van der Waals surface area contributed by atoms with Gasteiger partial charge in [0.2, 0.25) is 5.91 Å². The molecule has 1 unspecified atom stereocenters. The third kappa shape index (κ3) is 6.48. The Morgan fingerprint density at radius 1 is 1.11 bits per heavy atom. The second-order valence-electron chi connectivity index (χ2n) is 8.07. The number of rotatable bonds is 9. The normalized spacial score (nSPS) is 15.5. The molecule has 1 saturated heterocycles. The van der Waals surface area contributed by atoms with Crippen LogP contribution in [0.1, 0.15) is 29.8 Å². The summed E-state index contributed by atoms with van der Waals surface area (Å²) in [5, 5.41) is 4.89. The monoisotopic (exact) mass is 499 g/mol. The van der Waals surface area contributed by atoms with E-state index < -0.39 is 34.8 Å². The number of amides is 4. The predicted octanol–water partition coefficient (Wildman–Crippen LogP) is 3.44. The number of nitrogens with one attached hydrogen (secondary N) is 2. The van der Waals surface area contributed by atoms with Crippen molar-refractivity contribution in [1.29, 1.82) is 0 Å². The van der Waals surface area contributed by atoms with Gasteiger partial charge in [-0.3, -0.25) is 24.1 Å². The Hall–Kier alpha value is -3.66. The molecule has 0 aromatic heterocycles. The minimum atomic E-state index is -0.819. The fourth-order valence-electron chi connectivity index (χ4n) is 3.33. The van der Waals surface area contributed by atoms with Crippen LogP contribution in [0.15, 0.2) is 53.4 Å². The van der Waals surface area contributed by atoms with Crippen LogP contribution in [0.4, 0.5) is 9.18 Å². The van der Waals surface area contributed by atoms with Gasteiger partial charge in [0, 0.05) is 24.2 Å². The Labute approximate surface area is 206 Å². The topological polar surface area (TPSA) is 105 Å². The van der Waals surface area contributed by atoms with Crippen LogP contribution in [0.2, 0.25) is 0 Å². The van der Waals surface area contributed by atoms with Gasteiger partial charge in [0.25, 0.3) is 17.1 Å². The Morgan fingerprint density at radius 2 is 1.80 bits per heavy atom. The average Bonchev–Trinajstić information content (AvgIpc) is 3.10. The largest absolute Gasteiger partial charge is 0.497 e. The summed E-state index contributed by atoms with van der Waals surface area (Å²) in [4.78, 5) is 51.3. The molecule has 1 aliphatic rings. The van der Waals surface area contributed by atoms with Gasteiger partial charge in [-0.05, 0) is 54.1 Å². The number of carbonyl (C=O) groups is 4. The second-order valence-corrected chi connectivity index (χ2v) is 9.06. The van der Waals surface area contributed by atoms with Crippen molar-refractivity contribution in [3.63, 3.8) is 0 Å². The molecule has 0 bridgehead atoms. The van der Waals surface area contributed by atoms with Gasteiger partial charge in [-0.1, -0.05) is 32.0 Å². The van der Waals surface area contributed by atoms with Gasteiger partial charge in [-0.2, -0.15) is 0 Å². The molecular formula is C25H26FN3O5S. The molecule has 1 fully saturated rings. The molecule has 4 amide bonds. The standard InChI is InChI=1S/C25H26FN3O5S/c1-15(2)21(28-22(30)16-8-10-18(34-3)11-9-16)23(31)27-12-13-29-24(32)20(35-25(29)33)14-17-6-4-5-7-19(17)26/h4-11,14-15,21H,12-13H2,1-3H3,(H,27,31)(H,28,30)/b20-14-. The van der Waals surface area contributed by atoms with Crippen LogP contribution in [0.25, 0.3) is 6.08 Å². The van der Waals surface area contributed by atoms with Gasteiger partial charge in [-0.25, -0.2) is 4.39 Å². The van der Waals surface area contributed by atoms with E-state index in [1.165, 1.54) is 31.4 Å². The maximum absolute atomic E-state index is 13.9. The number of benzene rings is 2. The number of methoxy groups -OCH3 is 1. The van der Waals surface area contributed by atoms with Crippen LogP contribution in [0.5, 0.6) is 5.75 Å². The number of halogens is 1. The van der Waals surface area contributed by atoms with E-state index in [-0.39, 0.29) is 29.5 Å². The lowest BCUT2D eigenvalue weighted by Gasteiger charge is -2.22. The maximum Gasteiger partial charge on any atom is 0.293 e. The number of nitrogens with zero attached hydrogens (tertiary/aromatic N) is 1. The number of carbonyl (C=O) groups excluding carboxylic acids is 4. The molecule has 2 aromatic carbocycles. The van der Waals surface area contributed by atoms with Crippen molar-refractivity contribution in [2.24, 2.45) is 5.92 Å². The smallest absolute Gasteiger partial charge is 0.293 e. The number of ether oxygens (including phenoxy) is 1. The number of thioether (sulfide) groups is 1. The van der Waals surface area contributed by atoms with Gasteiger partial charge in [0.15, 0.2) is 0 Å². The highest BCUT2D eigenvalue weighted by atomic mass is 32.2. The molecule has 2 aromatic rings. The molecular weight excluding hydrogens is 473 g/mol. The molecule has 1 aliphatic heterocycles. The molecule has 1 heterocycles. The minimum absolute atomic E-state index is 0.00543. The van der Waals surface area contributed by atoms with Crippen LogP contribution >= 0.6 is 11.8 Å². The zero-order valence-electron chi connectivity index (χ0n) is 19.5.